The predicted octanol–water partition coefficient (Wildman–Crippen LogP) is 2.22. The summed E-state index contributed by atoms with van der Waals surface area (Å²) in [4.78, 5) is 12.5. The minimum absolute atomic E-state index is 0.00612. The largest absolute Gasteiger partial charge is 0.379 e. The first-order valence-electron chi connectivity index (χ1n) is 6.11. The second kappa shape index (κ2) is 7.34. The van der Waals surface area contributed by atoms with E-state index in [4.69, 9.17) is 5.26 Å². The summed E-state index contributed by atoms with van der Waals surface area (Å²) in [5.41, 5.74) is 0.835. The Bertz CT molecular complexity index is 480. The van der Waals surface area contributed by atoms with E-state index in [9.17, 15) is 10.1 Å². The monoisotopic (exact) mass is 262 g/mol. The number of hydrogen-bond donors (Lipinski definition) is 1. The quantitative estimate of drug-likeness (QED) is 0.463. The smallest absolute Gasteiger partial charge is 0.292 e. The zero-order valence-corrected chi connectivity index (χ0v) is 11.2. The molecule has 6 nitrogen and oxygen atoms in total. The van der Waals surface area contributed by atoms with Crippen LogP contribution in [0.5, 0.6) is 0 Å². The van der Waals surface area contributed by atoms with Crippen molar-refractivity contribution in [3.8, 4) is 6.07 Å². The molecule has 0 saturated carbocycles. The highest BCUT2D eigenvalue weighted by molar-refractivity contribution is 5.64. The van der Waals surface area contributed by atoms with Gasteiger partial charge in [0.05, 0.1) is 16.6 Å². The minimum atomic E-state index is -0.441. The van der Waals surface area contributed by atoms with E-state index < -0.39 is 4.92 Å². The Labute approximate surface area is 112 Å². The summed E-state index contributed by atoms with van der Waals surface area (Å²) in [5, 5.41) is 22.7. The maximum absolute atomic E-state index is 10.9. The molecule has 102 valence electrons. The Morgan fingerprint density at radius 1 is 1.42 bits per heavy atom. The number of hydrogen-bond acceptors (Lipinski definition) is 5. The fourth-order valence-corrected chi connectivity index (χ4v) is 1.68. The Morgan fingerprint density at radius 2 is 2.16 bits per heavy atom. The first kappa shape index (κ1) is 14.9. The zero-order chi connectivity index (χ0) is 14.3. The van der Waals surface area contributed by atoms with Crippen molar-refractivity contribution in [3.63, 3.8) is 0 Å². The molecule has 0 radical (unpaired) electrons. The van der Waals surface area contributed by atoms with E-state index in [0.29, 0.717) is 17.8 Å². The average molecular weight is 262 g/mol. The summed E-state index contributed by atoms with van der Waals surface area (Å²) in [5.74, 6) is 0. The average Bonchev–Trinajstić information content (AvgIpc) is 2.37. The van der Waals surface area contributed by atoms with Gasteiger partial charge in [-0.1, -0.05) is 0 Å². The summed E-state index contributed by atoms with van der Waals surface area (Å²) in [7, 11) is 4.02. The molecule has 0 fully saturated rings. The van der Waals surface area contributed by atoms with E-state index in [1.54, 1.807) is 0 Å². The number of anilines is 1. The Morgan fingerprint density at radius 3 is 2.74 bits per heavy atom. The summed E-state index contributed by atoms with van der Waals surface area (Å²) < 4.78 is 0. The molecule has 0 saturated heterocycles. The molecule has 6 heteroatoms. The summed E-state index contributed by atoms with van der Waals surface area (Å²) in [6, 6.07) is 6.31. The van der Waals surface area contributed by atoms with Crippen LogP contribution in [-0.4, -0.2) is 37.0 Å². The van der Waals surface area contributed by atoms with Crippen LogP contribution >= 0.6 is 0 Å². The van der Waals surface area contributed by atoms with Crippen LogP contribution in [0.25, 0.3) is 0 Å². The van der Waals surface area contributed by atoms with Gasteiger partial charge in [-0.15, -0.1) is 0 Å². The molecule has 1 aromatic rings. The van der Waals surface area contributed by atoms with Crippen molar-refractivity contribution < 1.29 is 4.92 Å². The third-order valence-corrected chi connectivity index (χ3v) is 2.67. The van der Waals surface area contributed by atoms with Gasteiger partial charge in [-0.05, 0) is 45.6 Å². The normalized spacial score (nSPS) is 10.2. The molecule has 0 amide bonds. The SMILES string of the molecule is CN(C)CCCCNc1cc(C#N)ccc1[N+](=O)[O-]. The summed E-state index contributed by atoms with van der Waals surface area (Å²) in [6.07, 6.45) is 1.94. The van der Waals surface area contributed by atoms with Gasteiger partial charge >= 0.3 is 0 Å². The third-order valence-electron chi connectivity index (χ3n) is 2.67. The van der Waals surface area contributed by atoms with Crippen molar-refractivity contribution in [2.45, 2.75) is 12.8 Å². The van der Waals surface area contributed by atoms with Gasteiger partial charge in [0, 0.05) is 12.6 Å². The summed E-state index contributed by atoms with van der Waals surface area (Å²) in [6.45, 7) is 1.64. The van der Waals surface area contributed by atoms with Crippen molar-refractivity contribution in [2.75, 3.05) is 32.5 Å². The summed E-state index contributed by atoms with van der Waals surface area (Å²) >= 11 is 0. The number of nitro groups is 1. The molecule has 0 heterocycles. The molecule has 0 aliphatic carbocycles. The zero-order valence-electron chi connectivity index (χ0n) is 11.2. The van der Waals surface area contributed by atoms with E-state index in [0.717, 1.165) is 19.4 Å². The lowest BCUT2D eigenvalue weighted by molar-refractivity contribution is -0.384. The van der Waals surface area contributed by atoms with Crippen LogP contribution in [0, 0.1) is 21.4 Å². The standard InChI is InChI=1S/C13H18N4O2/c1-16(2)8-4-3-7-15-12-9-11(10-14)5-6-13(12)17(18)19/h5-6,9,15H,3-4,7-8H2,1-2H3. The van der Waals surface area contributed by atoms with Crippen LogP contribution in [0.1, 0.15) is 18.4 Å². The van der Waals surface area contributed by atoms with Crippen LogP contribution in [0.2, 0.25) is 0 Å². The molecular weight excluding hydrogens is 244 g/mol. The van der Waals surface area contributed by atoms with Gasteiger partial charge in [-0.2, -0.15) is 5.26 Å². The number of unbranched alkanes of at least 4 members (excludes halogenated alkanes) is 1. The van der Waals surface area contributed by atoms with Gasteiger partial charge in [-0.3, -0.25) is 10.1 Å². The van der Waals surface area contributed by atoms with E-state index >= 15 is 0 Å². The Balaban J connectivity index is 2.60. The van der Waals surface area contributed by atoms with Gasteiger partial charge in [0.1, 0.15) is 5.69 Å². The minimum Gasteiger partial charge on any atom is -0.379 e. The van der Waals surface area contributed by atoms with Gasteiger partial charge in [-0.25, -0.2) is 0 Å². The highest BCUT2D eigenvalue weighted by atomic mass is 16.6. The molecule has 0 bridgehead atoms. The number of nitrogens with zero attached hydrogens (tertiary/aromatic N) is 3. The lowest BCUT2D eigenvalue weighted by atomic mass is 10.2. The van der Waals surface area contributed by atoms with Crippen molar-refractivity contribution in [1.82, 2.24) is 4.90 Å². The molecule has 0 aromatic heterocycles. The van der Waals surface area contributed by atoms with Crippen molar-refractivity contribution >= 4 is 11.4 Å². The van der Waals surface area contributed by atoms with E-state index in [-0.39, 0.29) is 5.69 Å². The number of nitriles is 1. The fraction of sp³-hybridized carbons (Fsp3) is 0.462. The molecule has 1 rings (SSSR count). The molecule has 1 N–H and O–H groups in total. The van der Waals surface area contributed by atoms with Gasteiger partial charge in [0.15, 0.2) is 0 Å². The van der Waals surface area contributed by atoms with Gasteiger partial charge < -0.3 is 10.2 Å². The molecule has 19 heavy (non-hydrogen) atoms. The van der Waals surface area contributed by atoms with E-state index in [2.05, 4.69) is 10.2 Å². The Hall–Kier alpha value is -2.13. The Kier molecular flexibility index (Phi) is 5.76. The lowest BCUT2D eigenvalue weighted by Gasteiger charge is -2.10. The van der Waals surface area contributed by atoms with E-state index in [1.165, 1.54) is 18.2 Å². The van der Waals surface area contributed by atoms with E-state index in [1.807, 2.05) is 20.2 Å². The van der Waals surface area contributed by atoms with Crippen LogP contribution < -0.4 is 5.32 Å². The predicted molar refractivity (Wildman–Crippen MR) is 74.1 cm³/mol. The molecule has 0 unspecified atom stereocenters. The first-order chi connectivity index (χ1) is 9.04. The third kappa shape index (κ3) is 4.94. The molecule has 0 aliphatic rings. The second-order valence-electron chi connectivity index (χ2n) is 4.54. The first-order valence-corrected chi connectivity index (χ1v) is 6.11. The van der Waals surface area contributed by atoms with Crippen molar-refractivity contribution in [3.05, 3.63) is 33.9 Å². The molecule has 0 atom stereocenters. The number of benzene rings is 1. The maximum atomic E-state index is 10.9. The van der Waals surface area contributed by atoms with Crippen LogP contribution in [0.3, 0.4) is 0 Å². The maximum Gasteiger partial charge on any atom is 0.292 e. The van der Waals surface area contributed by atoms with Crippen molar-refractivity contribution in [1.29, 1.82) is 5.26 Å². The van der Waals surface area contributed by atoms with Crippen LogP contribution in [0.4, 0.5) is 11.4 Å². The van der Waals surface area contributed by atoms with Gasteiger partial charge in [0.25, 0.3) is 5.69 Å². The number of rotatable bonds is 7. The lowest BCUT2D eigenvalue weighted by Crippen LogP contribution is -2.14. The molecule has 0 spiro atoms. The molecule has 0 aliphatic heterocycles. The molecule has 1 aromatic carbocycles. The van der Waals surface area contributed by atoms with Crippen molar-refractivity contribution in [2.24, 2.45) is 0 Å². The van der Waals surface area contributed by atoms with Gasteiger partial charge in [0.2, 0.25) is 0 Å². The van der Waals surface area contributed by atoms with Crippen LogP contribution in [-0.2, 0) is 0 Å². The topological polar surface area (TPSA) is 82.2 Å². The van der Waals surface area contributed by atoms with Crippen LogP contribution in [0.15, 0.2) is 18.2 Å². The highest BCUT2D eigenvalue weighted by Gasteiger charge is 2.13. The fourth-order valence-electron chi connectivity index (χ4n) is 1.68. The second-order valence-corrected chi connectivity index (χ2v) is 4.54. The number of nitrogens with one attached hydrogen (secondary N) is 1. The molecular formula is C13H18N4O2. The number of nitro benzene ring substituents is 1. The highest BCUT2D eigenvalue weighted by Crippen LogP contribution is 2.25.